The smallest absolute Gasteiger partial charge is 0.339 e. The molecule has 120 valence electrons. The Morgan fingerprint density at radius 2 is 2.22 bits per heavy atom. The SMILES string of the molecule is CCOC(=O)c1ccc(-c2cc(F)cc3c2OC(C)C3)nc1C. The van der Waals surface area contributed by atoms with Gasteiger partial charge in [0.05, 0.1) is 23.6 Å². The Bertz CT molecular complexity index is 773. The van der Waals surface area contributed by atoms with Crippen molar-refractivity contribution in [1.82, 2.24) is 4.98 Å². The second-order valence-electron chi connectivity index (χ2n) is 5.62. The summed E-state index contributed by atoms with van der Waals surface area (Å²) in [5.74, 6) is -0.0431. The number of pyridine rings is 1. The van der Waals surface area contributed by atoms with Crippen LogP contribution in [0.3, 0.4) is 0 Å². The van der Waals surface area contributed by atoms with E-state index in [2.05, 4.69) is 4.98 Å². The van der Waals surface area contributed by atoms with Crippen molar-refractivity contribution in [1.29, 1.82) is 0 Å². The number of ether oxygens (including phenoxy) is 2. The van der Waals surface area contributed by atoms with Crippen LogP contribution in [0.15, 0.2) is 24.3 Å². The number of aryl methyl sites for hydroxylation is 1. The number of hydrogen-bond donors (Lipinski definition) is 0. The van der Waals surface area contributed by atoms with E-state index in [4.69, 9.17) is 9.47 Å². The van der Waals surface area contributed by atoms with E-state index in [0.29, 0.717) is 41.3 Å². The Morgan fingerprint density at radius 3 is 2.91 bits per heavy atom. The van der Waals surface area contributed by atoms with Crippen LogP contribution in [0.4, 0.5) is 4.39 Å². The van der Waals surface area contributed by atoms with Crippen molar-refractivity contribution < 1.29 is 18.7 Å². The summed E-state index contributed by atoms with van der Waals surface area (Å²) < 4.78 is 24.7. The molecule has 1 aromatic carbocycles. The fourth-order valence-corrected chi connectivity index (χ4v) is 2.82. The maximum atomic E-state index is 13.9. The molecule has 0 aliphatic carbocycles. The van der Waals surface area contributed by atoms with E-state index >= 15 is 0 Å². The van der Waals surface area contributed by atoms with Gasteiger partial charge < -0.3 is 9.47 Å². The van der Waals surface area contributed by atoms with Crippen LogP contribution >= 0.6 is 0 Å². The van der Waals surface area contributed by atoms with Crippen molar-refractivity contribution in [2.75, 3.05) is 6.61 Å². The van der Waals surface area contributed by atoms with E-state index in [1.807, 2.05) is 6.92 Å². The third-order valence-electron chi connectivity index (χ3n) is 3.81. The summed E-state index contributed by atoms with van der Waals surface area (Å²) in [4.78, 5) is 16.3. The Morgan fingerprint density at radius 1 is 1.43 bits per heavy atom. The maximum Gasteiger partial charge on any atom is 0.339 e. The zero-order chi connectivity index (χ0) is 16.6. The molecule has 4 nitrogen and oxygen atoms in total. The summed E-state index contributed by atoms with van der Waals surface area (Å²) in [6, 6.07) is 6.27. The fourth-order valence-electron chi connectivity index (χ4n) is 2.82. The standard InChI is InChI=1S/C18H18FNO3/c1-4-22-18(21)14-5-6-16(20-11(14)3)15-9-13(19)8-12-7-10(2)23-17(12)15/h5-6,8-10H,4,7H2,1-3H3. The Labute approximate surface area is 134 Å². The molecule has 0 fully saturated rings. The van der Waals surface area contributed by atoms with Crippen LogP contribution in [0.1, 0.15) is 35.5 Å². The topological polar surface area (TPSA) is 48.4 Å². The van der Waals surface area contributed by atoms with Crippen molar-refractivity contribution in [3.05, 3.63) is 46.9 Å². The van der Waals surface area contributed by atoms with Crippen LogP contribution in [-0.4, -0.2) is 23.7 Å². The molecule has 0 spiro atoms. The minimum Gasteiger partial charge on any atom is -0.489 e. The number of carbonyl (C=O) groups is 1. The summed E-state index contributed by atoms with van der Waals surface area (Å²) in [6.45, 7) is 5.75. The monoisotopic (exact) mass is 315 g/mol. The number of esters is 1. The lowest BCUT2D eigenvalue weighted by atomic mass is 10.0. The summed E-state index contributed by atoms with van der Waals surface area (Å²) >= 11 is 0. The quantitative estimate of drug-likeness (QED) is 0.810. The molecule has 5 heteroatoms. The van der Waals surface area contributed by atoms with E-state index < -0.39 is 5.97 Å². The van der Waals surface area contributed by atoms with Gasteiger partial charge in [-0.25, -0.2) is 9.18 Å². The number of rotatable bonds is 3. The molecule has 0 bridgehead atoms. The third-order valence-corrected chi connectivity index (χ3v) is 3.81. The predicted octanol–water partition coefficient (Wildman–Crippen LogP) is 3.70. The van der Waals surface area contributed by atoms with Crippen molar-refractivity contribution in [3.63, 3.8) is 0 Å². The zero-order valence-electron chi connectivity index (χ0n) is 13.4. The van der Waals surface area contributed by atoms with E-state index in [1.54, 1.807) is 26.0 Å². The molecular weight excluding hydrogens is 297 g/mol. The lowest BCUT2D eigenvalue weighted by Crippen LogP contribution is -2.08. The summed E-state index contributed by atoms with van der Waals surface area (Å²) in [6.07, 6.45) is 0.699. The molecule has 1 unspecified atom stereocenters. The highest BCUT2D eigenvalue weighted by molar-refractivity contribution is 5.91. The Kier molecular flexibility index (Phi) is 4.03. The number of aromatic nitrogens is 1. The summed E-state index contributed by atoms with van der Waals surface area (Å²) in [5.41, 5.74) is 3.01. The first-order chi connectivity index (χ1) is 11.0. The van der Waals surface area contributed by atoms with Gasteiger partial charge in [-0.05, 0) is 45.0 Å². The average molecular weight is 315 g/mol. The van der Waals surface area contributed by atoms with Gasteiger partial charge in [0, 0.05) is 17.5 Å². The van der Waals surface area contributed by atoms with Crippen molar-refractivity contribution in [3.8, 4) is 17.0 Å². The fraction of sp³-hybridized carbons (Fsp3) is 0.333. The molecule has 0 radical (unpaired) electrons. The molecule has 2 heterocycles. The molecule has 3 rings (SSSR count). The number of nitrogens with zero attached hydrogens (tertiary/aromatic N) is 1. The van der Waals surface area contributed by atoms with Crippen molar-refractivity contribution in [2.24, 2.45) is 0 Å². The van der Waals surface area contributed by atoms with E-state index in [1.165, 1.54) is 12.1 Å². The first-order valence-corrected chi connectivity index (χ1v) is 7.63. The second-order valence-corrected chi connectivity index (χ2v) is 5.62. The van der Waals surface area contributed by atoms with E-state index in [-0.39, 0.29) is 11.9 Å². The highest BCUT2D eigenvalue weighted by Crippen LogP contribution is 2.39. The highest BCUT2D eigenvalue weighted by Gasteiger charge is 2.25. The van der Waals surface area contributed by atoms with Gasteiger partial charge in [0.1, 0.15) is 17.7 Å². The largest absolute Gasteiger partial charge is 0.489 e. The summed E-state index contributed by atoms with van der Waals surface area (Å²) in [7, 11) is 0. The number of hydrogen-bond acceptors (Lipinski definition) is 4. The third kappa shape index (κ3) is 2.91. The predicted molar refractivity (Wildman–Crippen MR) is 84.1 cm³/mol. The first-order valence-electron chi connectivity index (χ1n) is 7.63. The second kappa shape index (κ2) is 5.99. The van der Waals surface area contributed by atoms with Gasteiger partial charge >= 0.3 is 5.97 Å². The lowest BCUT2D eigenvalue weighted by Gasteiger charge is -2.11. The number of benzene rings is 1. The van der Waals surface area contributed by atoms with Gasteiger partial charge in [-0.15, -0.1) is 0 Å². The molecule has 1 aliphatic rings. The van der Waals surface area contributed by atoms with E-state index in [0.717, 1.165) is 5.56 Å². The Hall–Kier alpha value is -2.43. The molecule has 0 amide bonds. The molecule has 0 saturated heterocycles. The molecule has 0 saturated carbocycles. The van der Waals surface area contributed by atoms with Crippen LogP contribution in [0.25, 0.3) is 11.3 Å². The Balaban J connectivity index is 2.04. The normalized spacial score (nSPS) is 15.9. The molecule has 1 atom stereocenters. The van der Waals surface area contributed by atoms with Crippen LogP contribution in [0.5, 0.6) is 5.75 Å². The van der Waals surface area contributed by atoms with Crippen molar-refractivity contribution in [2.45, 2.75) is 33.3 Å². The number of fused-ring (bicyclic) bond motifs is 1. The average Bonchev–Trinajstić information content (AvgIpc) is 2.86. The molecule has 23 heavy (non-hydrogen) atoms. The van der Waals surface area contributed by atoms with Gasteiger partial charge in [0.25, 0.3) is 0 Å². The van der Waals surface area contributed by atoms with Gasteiger partial charge in [0.15, 0.2) is 0 Å². The van der Waals surface area contributed by atoms with Crippen LogP contribution < -0.4 is 4.74 Å². The summed E-state index contributed by atoms with van der Waals surface area (Å²) in [5, 5.41) is 0. The van der Waals surface area contributed by atoms with Crippen molar-refractivity contribution >= 4 is 5.97 Å². The van der Waals surface area contributed by atoms with Crippen LogP contribution in [-0.2, 0) is 11.2 Å². The lowest BCUT2D eigenvalue weighted by molar-refractivity contribution is 0.0525. The van der Waals surface area contributed by atoms with E-state index in [9.17, 15) is 9.18 Å². The van der Waals surface area contributed by atoms with Gasteiger partial charge in [-0.2, -0.15) is 0 Å². The minimum absolute atomic E-state index is 0.0189. The minimum atomic E-state index is -0.404. The van der Waals surface area contributed by atoms with Crippen LogP contribution in [0.2, 0.25) is 0 Å². The highest BCUT2D eigenvalue weighted by atomic mass is 19.1. The van der Waals surface area contributed by atoms with Gasteiger partial charge in [0.2, 0.25) is 0 Å². The zero-order valence-corrected chi connectivity index (χ0v) is 13.4. The number of carbonyl (C=O) groups excluding carboxylic acids is 1. The molecule has 1 aromatic heterocycles. The molecule has 2 aromatic rings. The molecule has 1 aliphatic heterocycles. The molecule has 0 N–H and O–H groups in total. The maximum absolute atomic E-state index is 13.9. The van der Waals surface area contributed by atoms with Crippen LogP contribution in [0, 0.1) is 12.7 Å². The van der Waals surface area contributed by atoms with Gasteiger partial charge in [-0.1, -0.05) is 0 Å². The van der Waals surface area contributed by atoms with Gasteiger partial charge in [-0.3, -0.25) is 4.98 Å². The first kappa shape index (κ1) is 15.5. The number of halogens is 1. The molecular formula is C18H18FNO3.